The maximum atomic E-state index is 10.7. The second-order valence-corrected chi connectivity index (χ2v) is 7.97. The van der Waals surface area contributed by atoms with Crippen LogP contribution in [-0.2, 0) is 5.41 Å². The molecule has 3 aromatic carbocycles. The smallest absolute Gasteiger partial charge is 0.128 e. The number of rotatable bonds is 4. The fourth-order valence-electron chi connectivity index (χ4n) is 3.26. The van der Waals surface area contributed by atoms with Crippen LogP contribution in [0.4, 0.5) is 5.69 Å². The van der Waals surface area contributed by atoms with Crippen molar-refractivity contribution in [3.05, 3.63) is 77.4 Å². The molecule has 0 spiro atoms. The molecule has 0 atom stereocenters. The van der Waals surface area contributed by atoms with Gasteiger partial charge in [0.15, 0.2) is 0 Å². The summed E-state index contributed by atoms with van der Waals surface area (Å²) in [6, 6.07) is 19.9. The van der Waals surface area contributed by atoms with Crippen LogP contribution in [0, 0.1) is 6.92 Å². The van der Waals surface area contributed by atoms with Gasteiger partial charge in [-0.1, -0.05) is 62.7 Å². The molecule has 3 rings (SSSR count). The second-order valence-electron chi connectivity index (χ2n) is 7.97. The topological polar surface area (TPSA) is 41.8 Å². The molecule has 144 valence electrons. The van der Waals surface area contributed by atoms with E-state index in [0.717, 1.165) is 33.7 Å². The lowest BCUT2D eigenvalue weighted by Gasteiger charge is -2.21. The molecule has 0 bridgehead atoms. The van der Waals surface area contributed by atoms with Crippen LogP contribution in [0.5, 0.6) is 11.5 Å². The lowest BCUT2D eigenvalue weighted by atomic mass is 9.85. The van der Waals surface area contributed by atoms with Gasteiger partial charge in [0.2, 0.25) is 0 Å². The molecule has 0 aliphatic rings. The van der Waals surface area contributed by atoms with Crippen LogP contribution in [0.2, 0.25) is 0 Å². The summed E-state index contributed by atoms with van der Waals surface area (Å²) in [5.74, 6) is 1.09. The lowest BCUT2D eigenvalue weighted by molar-refractivity contribution is 0.416. The summed E-state index contributed by atoms with van der Waals surface area (Å²) in [6.07, 6.45) is 1.73. The van der Waals surface area contributed by atoms with Gasteiger partial charge in [-0.05, 0) is 42.2 Å². The SMILES string of the molecule is COc1ccc(C)cc1-c1ccccc1N=Cc1cccc(C(C)(C)C)c1O. The van der Waals surface area contributed by atoms with E-state index in [2.05, 4.69) is 33.8 Å². The first kappa shape index (κ1) is 19.7. The lowest BCUT2D eigenvalue weighted by Crippen LogP contribution is -2.11. The molecule has 0 fully saturated rings. The van der Waals surface area contributed by atoms with Gasteiger partial charge in [0.05, 0.1) is 12.8 Å². The number of methoxy groups -OCH3 is 1. The Labute approximate surface area is 167 Å². The Morgan fingerprint density at radius 3 is 2.39 bits per heavy atom. The van der Waals surface area contributed by atoms with Gasteiger partial charge in [-0.25, -0.2) is 0 Å². The number of aliphatic imine (C=N–C) groups is 1. The average Bonchev–Trinajstić information content (AvgIpc) is 2.66. The number of hydrogen-bond acceptors (Lipinski definition) is 3. The quantitative estimate of drug-likeness (QED) is 0.536. The van der Waals surface area contributed by atoms with Crippen molar-refractivity contribution >= 4 is 11.9 Å². The van der Waals surface area contributed by atoms with Gasteiger partial charge in [-0.15, -0.1) is 0 Å². The zero-order chi connectivity index (χ0) is 20.3. The zero-order valence-corrected chi connectivity index (χ0v) is 17.2. The minimum absolute atomic E-state index is 0.138. The normalized spacial score (nSPS) is 11.8. The van der Waals surface area contributed by atoms with Crippen molar-refractivity contribution in [3.8, 4) is 22.6 Å². The van der Waals surface area contributed by atoms with E-state index in [1.807, 2.05) is 54.6 Å². The fraction of sp³-hybridized carbons (Fsp3) is 0.240. The maximum absolute atomic E-state index is 10.7. The van der Waals surface area contributed by atoms with Crippen LogP contribution in [0.3, 0.4) is 0 Å². The predicted molar refractivity (Wildman–Crippen MR) is 117 cm³/mol. The van der Waals surface area contributed by atoms with Crippen LogP contribution < -0.4 is 4.74 Å². The number of para-hydroxylation sites is 2. The van der Waals surface area contributed by atoms with E-state index >= 15 is 0 Å². The number of ether oxygens (including phenoxy) is 1. The highest BCUT2D eigenvalue weighted by Gasteiger charge is 2.19. The van der Waals surface area contributed by atoms with E-state index in [1.165, 1.54) is 0 Å². The van der Waals surface area contributed by atoms with Gasteiger partial charge in [0.1, 0.15) is 11.5 Å². The third-order valence-electron chi connectivity index (χ3n) is 4.77. The standard InChI is InChI=1S/C25H27NO2/c1-17-13-14-23(28-5)20(15-17)19-10-6-7-12-22(19)26-16-18-9-8-11-21(24(18)27)25(2,3)4/h6-16,27H,1-5H3. The molecule has 0 saturated heterocycles. The van der Waals surface area contributed by atoms with Crippen molar-refractivity contribution < 1.29 is 9.84 Å². The van der Waals surface area contributed by atoms with Gasteiger partial charge < -0.3 is 9.84 Å². The summed E-state index contributed by atoms with van der Waals surface area (Å²) in [5.41, 5.74) is 5.45. The van der Waals surface area contributed by atoms with Crippen LogP contribution in [-0.4, -0.2) is 18.4 Å². The summed E-state index contributed by atoms with van der Waals surface area (Å²) in [5, 5.41) is 10.7. The molecule has 0 aliphatic heterocycles. The summed E-state index contributed by atoms with van der Waals surface area (Å²) < 4.78 is 5.55. The highest BCUT2D eigenvalue weighted by atomic mass is 16.5. The van der Waals surface area contributed by atoms with E-state index in [4.69, 9.17) is 9.73 Å². The first-order valence-electron chi connectivity index (χ1n) is 9.42. The number of benzene rings is 3. The van der Waals surface area contributed by atoms with Crippen molar-refractivity contribution in [2.75, 3.05) is 7.11 Å². The number of aromatic hydroxyl groups is 1. The van der Waals surface area contributed by atoms with Gasteiger partial charge in [0.25, 0.3) is 0 Å². The molecule has 3 aromatic rings. The van der Waals surface area contributed by atoms with Crippen LogP contribution in [0.1, 0.15) is 37.5 Å². The Hall–Kier alpha value is -3.07. The minimum atomic E-state index is -0.138. The van der Waals surface area contributed by atoms with Crippen molar-refractivity contribution in [2.24, 2.45) is 4.99 Å². The number of phenolic OH excluding ortho intramolecular Hbond substituents is 1. The van der Waals surface area contributed by atoms with Crippen LogP contribution in [0.15, 0.2) is 65.7 Å². The third-order valence-corrected chi connectivity index (χ3v) is 4.77. The molecule has 0 radical (unpaired) electrons. The van der Waals surface area contributed by atoms with E-state index < -0.39 is 0 Å². The van der Waals surface area contributed by atoms with E-state index in [0.29, 0.717) is 5.56 Å². The number of phenols is 1. The van der Waals surface area contributed by atoms with Crippen LogP contribution >= 0.6 is 0 Å². The molecule has 3 nitrogen and oxygen atoms in total. The highest BCUT2D eigenvalue weighted by Crippen LogP contribution is 2.37. The Balaban J connectivity index is 2.06. The Kier molecular flexibility index (Phi) is 5.55. The molecule has 0 saturated carbocycles. The molecule has 1 N–H and O–H groups in total. The Morgan fingerprint density at radius 2 is 1.68 bits per heavy atom. The Morgan fingerprint density at radius 1 is 0.929 bits per heavy atom. The van der Waals surface area contributed by atoms with Crippen molar-refractivity contribution in [3.63, 3.8) is 0 Å². The number of nitrogens with zero attached hydrogens (tertiary/aromatic N) is 1. The third kappa shape index (κ3) is 4.09. The van der Waals surface area contributed by atoms with Crippen molar-refractivity contribution in [2.45, 2.75) is 33.1 Å². The van der Waals surface area contributed by atoms with Gasteiger partial charge in [0, 0.05) is 22.9 Å². The van der Waals surface area contributed by atoms with Gasteiger partial charge in [-0.3, -0.25) is 4.99 Å². The minimum Gasteiger partial charge on any atom is -0.507 e. The first-order chi connectivity index (χ1) is 13.3. The average molecular weight is 373 g/mol. The van der Waals surface area contributed by atoms with Crippen molar-refractivity contribution in [1.82, 2.24) is 0 Å². The molecular weight excluding hydrogens is 346 g/mol. The van der Waals surface area contributed by atoms with E-state index in [-0.39, 0.29) is 11.2 Å². The molecule has 28 heavy (non-hydrogen) atoms. The summed E-state index contributed by atoms with van der Waals surface area (Å²) in [4.78, 5) is 4.70. The second kappa shape index (κ2) is 7.89. The molecule has 0 aromatic heterocycles. The zero-order valence-electron chi connectivity index (χ0n) is 17.2. The summed E-state index contributed by atoms with van der Waals surface area (Å²) in [6.45, 7) is 8.32. The van der Waals surface area contributed by atoms with Crippen molar-refractivity contribution in [1.29, 1.82) is 0 Å². The Bertz CT molecular complexity index is 1010. The van der Waals surface area contributed by atoms with Gasteiger partial charge in [-0.2, -0.15) is 0 Å². The van der Waals surface area contributed by atoms with E-state index in [9.17, 15) is 5.11 Å². The molecule has 3 heteroatoms. The molecule has 0 amide bonds. The molecule has 0 aliphatic carbocycles. The fourth-order valence-corrected chi connectivity index (χ4v) is 3.26. The largest absolute Gasteiger partial charge is 0.507 e. The molecule has 0 heterocycles. The summed E-state index contributed by atoms with van der Waals surface area (Å²) in [7, 11) is 1.68. The van der Waals surface area contributed by atoms with Gasteiger partial charge >= 0.3 is 0 Å². The highest BCUT2D eigenvalue weighted by molar-refractivity contribution is 5.89. The van der Waals surface area contributed by atoms with E-state index in [1.54, 1.807) is 13.3 Å². The molecule has 0 unspecified atom stereocenters. The van der Waals surface area contributed by atoms with Crippen LogP contribution in [0.25, 0.3) is 11.1 Å². The first-order valence-corrected chi connectivity index (χ1v) is 9.42. The predicted octanol–water partition coefficient (Wildman–Crippen LogP) is 6.42. The number of hydrogen-bond donors (Lipinski definition) is 1. The maximum Gasteiger partial charge on any atom is 0.128 e. The monoisotopic (exact) mass is 373 g/mol. The number of aryl methyl sites for hydroxylation is 1. The summed E-state index contributed by atoms with van der Waals surface area (Å²) >= 11 is 0. The molecular formula is C25H27NO2.